The molecule has 2 heterocycles. The van der Waals surface area contributed by atoms with Gasteiger partial charge in [-0.25, -0.2) is 9.97 Å². The summed E-state index contributed by atoms with van der Waals surface area (Å²) in [6.45, 7) is 7.26. The second-order valence-corrected chi connectivity index (χ2v) is 14.0. The Kier molecular flexibility index (Phi) is 12.5. The van der Waals surface area contributed by atoms with Gasteiger partial charge in [0.25, 0.3) is 0 Å². The van der Waals surface area contributed by atoms with Crippen LogP contribution in [0.4, 0.5) is 5.69 Å². The Hall–Kier alpha value is -6.07. The normalized spacial score (nSPS) is 12.4. The lowest BCUT2D eigenvalue weighted by Gasteiger charge is -2.30. The molecule has 0 bridgehead atoms. The smallest absolute Gasteiger partial charge is 0.244 e. The van der Waals surface area contributed by atoms with Crippen molar-refractivity contribution in [3.63, 3.8) is 0 Å². The molecule has 3 amide bonds. The third-order valence-electron chi connectivity index (χ3n) is 9.55. The number of para-hydroxylation sites is 1. The maximum Gasteiger partial charge on any atom is 0.244 e. The molecule has 4 aromatic carbocycles. The minimum atomic E-state index is -0.418. The number of rotatable bonds is 16. The highest BCUT2D eigenvalue weighted by molar-refractivity contribution is 5.96. The average Bonchev–Trinajstić information content (AvgIpc) is 3.85. The summed E-state index contributed by atoms with van der Waals surface area (Å²) in [7, 11) is 3.84. The van der Waals surface area contributed by atoms with Gasteiger partial charge in [0.05, 0.1) is 36.3 Å². The number of likely N-dealkylation sites (N-methyl/N-ethyl adjacent to an activating group) is 1. The van der Waals surface area contributed by atoms with Gasteiger partial charge in [0.1, 0.15) is 17.4 Å². The van der Waals surface area contributed by atoms with E-state index in [4.69, 9.17) is 9.40 Å². The molecule has 0 aliphatic heterocycles. The first-order valence-corrected chi connectivity index (χ1v) is 18.8. The van der Waals surface area contributed by atoms with E-state index in [-0.39, 0.29) is 30.2 Å². The summed E-state index contributed by atoms with van der Waals surface area (Å²) in [5.41, 5.74) is 5.38. The van der Waals surface area contributed by atoms with Crippen molar-refractivity contribution in [3.05, 3.63) is 126 Å². The van der Waals surface area contributed by atoms with Crippen LogP contribution in [0, 0.1) is 0 Å². The summed E-state index contributed by atoms with van der Waals surface area (Å²) in [4.78, 5) is 58.9. The predicted octanol–water partition coefficient (Wildman–Crippen LogP) is 7.91. The van der Waals surface area contributed by atoms with E-state index in [1.54, 1.807) is 17.2 Å². The van der Waals surface area contributed by atoms with Gasteiger partial charge in [-0.15, -0.1) is 0 Å². The van der Waals surface area contributed by atoms with E-state index in [0.717, 1.165) is 35.0 Å². The lowest BCUT2D eigenvalue weighted by atomic mass is 9.99. The van der Waals surface area contributed by atoms with E-state index in [2.05, 4.69) is 22.2 Å². The topological polar surface area (TPSA) is 128 Å². The number of hydrogen-bond donors (Lipinski definition) is 2. The minimum absolute atomic E-state index is 0.0129. The molecule has 2 N–H and O–H groups in total. The number of imidazole rings is 1. The number of carbonyl (C=O) groups is 3. The van der Waals surface area contributed by atoms with Crippen molar-refractivity contribution in [2.75, 3.05) is 39.0 Å². The van der Waals surface area contributed by atoms with Crippen LogP contribution in [0.15, 0.2) is 114 Å². The molecule has 0 radical (unpaired) electrons. The van der Waals surface area contributed by atoms with E-state index in [1.165, 1.54) is 0 Å². The molecule has 6 rings (SSSR count). The zero-order chi connectivity index (χ0) is 38.9. The van der Waals surface area contributed by atoms with Gasteiger partial charge >= 0.3 is 0 Å². The minimum Gasteiger partial charge on any atom is -0.436 e. The lowest BCUT2D eigenvalue weighted by Crippen LogP contribution is -2.40. The zero-order valence-corrected chi connectivity index (χ0v) is 32.2. The predicted molar refractivity (Wildman–Crippen MR) is 216 cm³/mol. The van der Waals surface area contributed by atoms with E-state index in [1.807, 2.05) is 135 Å². The summed E-state index contributed by atoms with van der Waals surface area (Å²) in [5, 5.41) is 2.95. The summed E-state index contributed by atoms with van der Waals surface area (Å²) in [6.07, 6.45) is 3.20. The molecule has 0 saturated carbocycles. The van der Waals surface area contributed by atoms with Crippen LogP contribution >= 0.6 is 0 Å². The zero-order valence-electron chi connectivity index (χ0n) is 32.2. The largest absolute Gasteiger partial charge is 0.436 e. The van der Waals surface area contributed by atoms with Crippen molar-refractivity contribution >= 4 is 34.4 Å². The highest BCUT2D eigenvalue weighted by Gasteiger charge is 2.29. The lowest BCUT2D eigenvalue weighted by molar-refractivity contribution is -0.137. The maximum atomic E-state index is 14.0. The molecule has 11 nitrogen and oxygen atoms in total. The molecule has 2 atom stereocenters. The van der Waals surface area contributed by atoms with Crippen molar-refractivity contribution < 1.29 is 18.8 Å². The Morgan fingerprint density at radius 1 is 0.800 bits per heavy atom. The van der Waals surface area contributed by atoms with Gasteiger partial charge in [0.2, 0.25) is 23.6 Å². The fourth-order valence-electron chi connectivity index (χ4n) is 6.87. The van der Waals surface area contributed by atoms with Gasteiger partial charge in [0.15, 0.2) is 5.76 Å². The van der Waals surface area contributed by atoms with Crippen LogP contribution in [0.3, 0.4) is 0 Å². The Morgan fingerprint density at radius 2 is 1.47 bits per heavy atom. The highest BCUT2D eigenvalue weighted by Crippen LogP contribution is 2.32. The molecule has 0 aliphatic rings. The first-order chi connectivity index (χ1) is 26.7. The van der Waals surface area contributed by atoms with Crippen molar-refractivity contribution in [2.45, 2.75) is 52.1 Å². The molecular weight excluding hydrogens is 691 g/mol. The van der Waals surface area contributed by atoms with E-state index in [9.17, 15) is 14.4 Å². The van der Waals surface area contributed by atoms with E-state index >= 15 is 0 Å². The number of aromatic amines is 1. The van der Waals surface area contributed by atoms with Gasteiger partial charge in [-0.05, 0) is 69.3 Å². The first-order valence-electron chi connectivity index (χ1n) is 18.8. The number of H-pyrrole nitrogens is 1. The number of aromatic nitrogens is 3. The number of amides is 3. The van der Waals surface area contributed by atoms with E-state index < -0.39 is 6.04 Å². The molecule has 284 valence electrons. The van der Waals surface area contributed by atoms with Crippen molar-refractivity contribution in [3.8, 4) is 22.8 Å². The third kappa shape index (κ3) is 9.18. The van der Waals surface area contributed by atoms with Crippen LogP contribution in [0.1, 0.15) is 62.5 Å². The fraction of sp³-hybridized carbons (Fsp3) is 0.295. The second-order valence-electron chi connectivity index (χ2n) is 14.0. The number of hydrogen-bond acceptors (Lipinski definition) is 7. The van der Waals surface area contributed by atoms with Crippen LogP contribution in [0.5, 0.6) is 0 Å². The molecule has 11 heteroatoms. The second kappa shape index (κ2) is 17.8. The number of carbonyl (C=O) groups excluding carboxylic acids is 3. The molecule has 0 saturated heterocycles. The Labute approximate surface area is 322 Å². The van der Waals surface area contributed by atoms with Crippen LogP contribution in [-0.4, -0.2) is 81.1 Å². The molecule has 2 aromatic heterocycles. The highest BCUT2D eigenvalue weighted by atomic mass is 16.4. The Balaban J connectivity index is 1.17. The van der Waals surface area contributed by atoms with Crippen molar-refractivity contribution in [2.24, 2.45) is 0 Å². The Bertz CT molecular complexity index is 2210. The summed E-state index contributed by atoms with van der Waals surface area (Å²) in [5.74, 6) is 0.871. The standard InChI is InChI=1S/C44H49N7O4/c1-6-24-50(44(54)41(49(4)5)32-18-12-9-13-19-32)28-38-47-36-23-15-22-35(40(36)48-38)42-45-27-37(55-42)33-20-14-21-34(26-33)46-39(52)29-51(25-7-2)43(53)30(3)31-16-10-8-11-17-31/h8-23,26-27,30,41H,6-7,24-25,28-29H2,1-5H3,(H,46,52)(H,47,48)/t30-,41-/m1/s1. The van der Waals surface area contributed by atoms with Gasteiger partial charge < -0.3 is 24.5 Å². The number of anilines is 1. The number of oxazole rings is 1. The molecule has 55 heavy (non-hydrogen) atoms. The number of benzene rings is 4. The molecular formula is C44H49N7O4. The SMILES string of the molecule is CCCN(CC(=O)Nc1cccc(-c2cnc(-c3cccc4[nH]c(CN(CCC)C(=O)[C@@H](c5ccccc5)N(C)C)nc34)o2)c1)C(=O)[C@H](C)c1ccccc1. The molecule has 0 unspecified atom stereocenters. The van der Waals surface area contributed by atoms with Crippen molar-refractivity contribution in [1.82, 2.24) is 29.7 Å². The van der Waals surface area contributed by atoms with Gasteiger partial charge in [-0.2, -0.15) is 0 Å². The summed E-state index contributed by atoms with van der Waals surface area (Å²) >= 11 is 0. The summed E-state index contributed by atoms with van der Waals surface area (Å²) in [6, 6.07) is 32.1. The average molecular weight is 740 g/mol. The molecule has 0 spiro atoms. The van der Waals surface area contributed by atoms with Crippen LogP contribution in [-0.2, 0) is 20.9 Å². The van der Waals surface area contributed by atoms with Crippen molar-refractivity contribution in [1.29, 1.82) is 0 Å². The number of nitrogens with one attached hydrogen (secondary N) is 2. The molecule has 0 aliphatic carbocycles. The van der Waals surface area contributed by atoms with Gasteiger partial charge in [-0.1, -0.05) is 92.7 Å². The van der Waals surface area contributed by atoms with Gasteiger partial charge in [0, 0.05) is 24.3 Å². The first kappa shape index (κ1) is 38.6. The molecule has 0 fully saturated rings. The van der Waals surface area contributed by atoms with Crippen LogP contribution < -0.4 is 5.32 Å². The molecule has 6 aromatic rings. The van der Waals surface area contributed by atoms with Gasteiger partial charge in [-0.3, -0.25) is 19.3 Å². The summed E-state index contributed by atoms with van der Waals surface area (Å²) < 4.78 is 6.29. The van der Waals surface area contributed by atoms with E-state index in [0.29, 0.717) is 53.9 Å². The third-order valence-corrected chi connectivity index (χ3v) is 9.55. The van der Waals surface area contributed by atoms with Crippen LogP contribution in [0.25, 0.3) is 33.8 Å². The fourth-order valence-corrected chi connectivity index (χ4v) is 6.87. The number of fused-ring (bicyclic) bond motifs is 1. The van der Waals surface area contributed by atoms with Crippen LogP contribution in [0.2, 0.25) is 0 Å². The maximum absolute atomic E-state index is 14.0. The quantitative estimate of drug-likeness (QED) is 0.103. The monoisotopic (exact) mass is 739 g/mol. The number of nitrogens with zero attached hydrogens (tertiary/aromatic N) is 5. The Morgan fingerprint density at radius 3 is 2.16 bits per heavy atom.